The highest BCUT2D eigenvalue weighted by Crippen LogP contribution is 2.27. The van der Waals surface area contributed by atoms with Crippen LogP contribution in [-0.4, -0.2) is 10.1 Å². The standard InChI is InChI=1S/C12H10F2N2O/c13-8-1-2-11(15)10(4-8)12(17)7-3-9(14)6-16-5-7/h1-6,12,17H,15H2. The Labute approximate surface area is 96.5 Å². The van der Waals surface area contributed by atoms with E-state index >= 15 is 0 Å². The van der Waals surface area contributed by atoms with Gasteiger partial charge in [0.05, 0.1) is 6.20 Å². The van der Waals surface area contributed by atoms with E-state index in [-0.39, 0.29) is 16.8 Å². The number of anilines is 1. The van der Waals surface area contributed by atoms with E-state index in [1.54, 1.807) is 0 Å². The largest absolute Gasteiger partial charge is 0.398 e. The lowest BCUT2D eigenvalue weighted by atomic mass is 10.0. The molecular weight excluding hydrogens is 226 g/mol. The van der Waals surface area contributed by atoms with Crippen LogP contribution in [-0.2, 0) is 0 Å². The SMILES string of the molecule is Nc1ccc(F)cc1C(O)c1cncc(F)c1. The maximum Gasteiger partial charge on any atom is 0.141 e. The average Bonchev–Trinajstić information content (AvgIpc) is 2.31. The summed E-state index contributed by atoms with van der Waals surface area (Å²) in [6.45, 7) is 0. The Morgan fingerprint density at radius 2 is 1.88 bits per heavy atom. The third kappa shape index (κ3) is 2.39. The maximum absolute atomic E-state index is 13.0. The summed E-state index contributed by atoms with van der Waals surface area (Å²) in [5.41, 5.74) is 6.28. The number of nitrogens with zero attached hydrogens (tertiary/aromatic N) is 1. The molecule has 0 saturated heterocycles. The molecule has 2 rings (SSSR count). The van der Waals surface area contributed by atoms with Crippen molar-refractivity contribution in [3.05, 3.63) is 59.4 Å². The van der Waals surface area contributed by atoms with Crippen LogP contribution in [0.1, 0.15) is 17.2 Å². The molecule has 0 saturated carbocycles. The first kappa shape index (κ1) is 11.5. The summed E-state index contributed by atoms with van der Waals surface area (Å²) in [5.74, 6) is -1.09. The van der Waals surface area contributed by atoms with E-state index in [1.807, 2.05) is 0 Å². The van der Waals surface area contributed by atoms with Crippen molar-refractivity contribution in [3.8, 4) is 0 Å². The first-order valence-corrected chi connectivity index (χ1v) is 4.91. The van der Waals surface area contributed by atoms with Crippen LogP contribution in [0.4, 0.5) is 14.5 Å². The topological polar surface area (TPSA) is 59.1 Å². The fraction of sp³-hybridized carbons (Fsp3) is 0.0833. The summed E-state index contributed by atoms with van der Waals surface area (Å²) >= 11 is 0. The summed E-state index contributed by atoms with van der Waals surface area (Å²) in [7, 11) is 0. The van der Waals surface area contributed by atoms with Gasteiger partial charge >= 0.3 is 0 Å². The number of hydrogen-bond acceptors (Lipinski definition) is 3. The quantitative estimate of drug-likeness (QED) is 0.784. The van der Waals surface area contributed by atoms with Gasteiger partial charge in [-0.15, -0.1) is 0 Å². The fourth-order valence-electron chi connectivity index (χ4n) is 1.54. The fourth-order valence-corrected chi connectivity index (χ4v) is 1.54. The van der Waals surface area contributed by atoms with Gasteiger partial charge in [0, 0.05) is 23.0 Å². The smallest absolute Gasteiger partial charge is 0.141 e. The highest BCUT2D eigenvalue weighted by Gasteiger charge is 2.15. The third-order valence-electron chi connectivity index (χ3n) is 2.39. The Bertz CT molecular complexity index is 546. The maximum atomic E-state index is 13.0. The van der Waals surface area contributed by atoms with Gasteiger partial charge in [0.25, 0.3) is 0 Å². The summed E-state index contributed by atoms with van der Waals surface area (Å²) in [6.07, 6.45) is 1.12. The van der Waals surface area contributed by atoms with Gasteiger partial charge in [-0.25, -0.2) is 8.78 Å². The zero-order valence-corrected chi connectivity index (χ0v) is 8.77. The molecule has 1 heterocycles. The zero-order valence-electron chi connectivity index (χ0n) is 8.77. The normalized spacial score (nSPS) is 12.4. The highest BCUT2D eigenvalue weighted by molar-refractivity contribution is 5.50. The van der Waals surface area contributed by atoms with Crippen molar-refractivity contribution < 1.29 is 13.9 Å². The molecular formula is C12H10F2N2O. The van der Waals surface area contributed by atoms with E-state index in [2.05, 4.69) is 4.98 Å². The van der Waals surface area contributed by atoms with Gasteiger partial charge in [-0.2, -0.15) is 0 Å². The second-order valence-corrected chi connectivity index (χ2v) is 3.61. The summed E-state index contributed by atoms with van der Waals surface area (Å²) in [5, 5.41) is 9.97. The van der Waals surface area contributed by atoms with Crippen molar-refractivity contribution in [3.63, 3.8) is 0 Å². The number of aromatic nitrogens is 1. The minimum atomic E-state index is -1.20. The first-order valence-electron chi connectivity index (χ1n) is 4.91. The first-order chi connectivity index (χ1) is 8.08. The monoisotopic (exact) mass is 236 g/mol. The highest BCUT2D eigenvalue weighted by atomic mass is 19.1. The Hall–Kier alpha value is -2.01. The molecule has 0 aliphatic carbocycles. The van der Waals surface area contributed by atoms with Gasteiger partial charge in [0.1, 0.15) is 17.7 Å². The summed E-state index contributed by atoms with van der Waals surface area (Å²) < 4.78 is 26.0. The van der Waals surface area contributed by atoms with Crippen LogP contribution >= 0.6 is 0 Å². The Morgan fingerprint density at radius 1 is 1.12 bits per heavy atom. The molecule has 0 fully saturated rings. The molecule has 3 N–H and O–H groups in total. The van der Waals surface area contributed by atoms with Crippen LogP contribution < -0.4 is 5.73 Å². The molecule has 1 aromatic carbocycles. The molecule has 0 radical (unpaired) electrons. The minimum Gasteiger partial charge on any atom is -0.398 e. The predicted molar refractivity (Wildman–Crippen MR) is 59.1 cm³/mol. The number of benzene rings is 1. The Morgan fingerprint density at radius 3 is 2.59 bits per heavy atom. The summed E-state index contributed by atoms with van der Waals surface area (Å²) in [4.78, 5) is 3.61. The van der Waals surface area contributed by atoms with Crippen LogP contribution in [0.15, 0.2) is 36.7 Å². The molecule has 2 aromatic rings. The van der Waals surface area contributed by atoms with Crippen LogP contribution in [0.25, 0.3) is 0 Å². The van der Waals surface area contributed by atoms with Crippen LogP contribution in [0.3, 0.4) is 0 Å². The van der Waals surface area contributed by atoms with Gasteiger partial charge in [0.2, 0.25) is 0 Å². The molecule has 0 bridgehead atoms. The molecule has 1 unspecified atom stereocenters. The van der Waals surface area contributed by atoms with Crippen molar-refractivity contribution in [1.82, 2.24) is 4.98 Å². The number of aliphatic hydroxyl groups excluding tert-OH is 1. The van der Waals surface area contributed by atoms with Gasteiger partial charge < -0.3 is 10.8 Å². The van der Waals surface area contributed by atoms with Crippen molar-refractivity contribution in [2.75, 3.05) is 5.73 Å². The van der Waals surface area contributed by atoms with E-state index in [1.165, 1.54) is 18.3 Å². The number of rotatable bonds is 2. The van der Waals surface area contributed by atoms with Gasteiger partial charge in [-0.1, -0.05) is 0 Å². The molecule has 0 spiro atoms. The third-order valence-corrected chi connectivity index (χ3v) is 2.39. The Balaban J connectivity index is 2.43. The number of halogens is 2. The molecule has 5 heteroatoms. The lowest BCUT2D eigenvalue weighted by Gasteiger charge is -2.13. The van der Waals surface area contributed by atoms with E-state index in [0.717, 1.165) is 18.3 Å². The molecule has 0 amide bonds. The molecule has 0 aliphatic heterocycles. The predicted octanol–water partition coefficient (Wildman–Crippen LogP) is 2.02. The average molecular weight is 236 g/mol. The van der Waals surface area contributed by atoms with Crippen molar-refractivity contribution in [1.29, 1.82) is 0 Å². The molecule has 1 aromatic heterocycles. The van der Waals surface area contributed by atoms with E-state index in [9.17, 15) is 13.9 Å². The number of aliphatic hydroxyl groups is 1. The lowest BCUT2D eigenvalue weighted by Crippen LogP contribution is -2.05. The summed E-state index contributed by atoms with van der Waals surface area (Å²) in [6, 6.07) is 4.78. The molecule has 88 valence electrons. The lowest BCUT2D eigenvalue weighted by molar-refractivity contribution is 0.219. The number of pyridine rings is 1. The molecule has 1 atom stereocenters. The van der Waals surface area contributed by atoms with Crippen LogP contribution in [0.5, 0.6) is 0 Å². The van der Waals surface area contributed by atoms with Gasteiger partial charge in [-0.05, 0) is 24.3 Å². The minimum absolute atomic E-state index is 0.192. The van der Waals surface area contributed by atoms with Crippen LogP contribution in [0.2, 0.25) is 0 Å². The van der Waals surface area contributed by atoms with E-state index in [0.29, 0.717) is 0 Å². The molecule has 0 aliphatic rings. The number of hydrogen-bond donors (Lipinski definition) is 2. The molecule has 3 nitrogen and oxygen atoms in total. The van der Waals surface area contributed by atoms with E-state index in [4.69, 9.17) is 5.73 Å². The van der Waals surface area contributed by atoms with Gasteiger partial charge in [-0.3, -0.25) is 4.98 Å². The second-order valence-electron chi connectivity index (χ2n) is 3.61. The molecule has 17 heavy (non-hydrogen) atoms. The van der Waals surface area contributed by atoms with Crippen LogP contribution in [0, 0.1) is 11.6 Å². The Kier molecular flexibility index (Phi) is 3.01. The van der Waals surface area contributed by atoms with Crippen molar-refractivity contribution >= 4 is 5.69 Å². The van der Waals surface area contributed by atoms with E-state index < -0.39 is 17.7 Å². The van der Waals surface area contributed by atoms with Gasteiger partial charge in [0.15, 0.2) is 0 Å². The number of nitrogen functional groups attached to an aromatic ring is 1. The number of nitrogens with two attached hydrogens (primary N) is 1. The second kappa shape index (κ2) is 4.47. The van der Waals surface area contributed by atoms with Crippen molar-refractivity contribution in [2.45, 2.75) is 6.10 Å². The zero-order chi connectivity index (χ0) is 12.4. The van der Waals surface area contributed by atoms with Crippen molar-refractivity contribution in [2.24, 2.45) is 0 Å².